The Morgan fingerprint density at radius 1 is 1.11 bits per heavy atom. The Morgan fingerprint density at radius 2 is 1.84 bits per heavy atom. The number of anilines is 1. The summed E-state index contributed by atoms with van der Waals surface area (Å²) < 4.78 is 1.92. The number of nitrogens with zero attached hydrogens (tertiary/aromatic N) is 5. The van der Waals surface area contributed by atoms with Crippen LogP contribution in [0.1, 0.15) is 37.7 Å². The van der Waals surface area contributed by atoms with E-state index in [1.54, 1.807) is 0 Å². The average Bonchev–Trinajstić information content (AvgIpc) is 2.74. The van der Waals surface area contributed by atoms with E-state index in [1.807, 2.05) is 18.7 Å². The number of aryl methyl sites for hydroxylation is 3. The van der Waals surface area contributed by atoms with Crippen molar-refractivity contribution >= 4 is 16.9 Å². The van der Waals surface area contributed by atoms with Gasteiger partial charge in [0.15, 0.2) is 5.82 Å². The fourth-order valence-electron chi connectivity index (χ4n) is 2.85. The number of fused-ring (bicyclic) bond motifs is 1. The van der Waals surface area contributed by atoms with Crippen LogP contribution in [-0.2, 0) is 13.5 Å². The molecule has 3 rings (SSSR count). The molecule has 19 heavy (non-hydrogen) atoms. The second-order valence-electron chi connectivity index (χ2n) is 5.27. The van der Waals surface area contributed by atoms with Crippen LogP contribution in [0.2, 0.25) is 0 Å². The van der Waals surface area contributed by atoms with Gasteiger partial charge >= 0.3 is 0 Å². The minimum Gasteiger partial charge on any atom is -0.355 e. The maximum atomic E-state index is 4.77. The third-order valence-corrected chi connectivity index (χ3v) is 3.85. The first-order valence-corrected chi connectivity index (χ1v) is 7.16. The third-order valence-electron chi connectivity index (χ3n) is 3.85. The number of hydrogen-bond acceptors (Lipinski definition) is 4. The largest absolute Gasteiger partial charge is 0.355 e. The van der Waals surface area contributed by atoms with E-state index in [4.69, 9.17) is 4.98 Å². The smallest absolute Gasteiger partial charge is 0.158 e. The van der Waals surface area contributed by atoms with Gasteiger partial charge in [0.05, 0.1) is 5.69 Å². The second kappa shape index (κ2) is 4.79. The molecule has 0 unspecified atom stereocenters. The van der Waals surface area contributed by atoms with Crippen LogP contribution in [0.15, 0.2) is 0 Å². The summed E-state index contributed by atoms with van der Waals surface area (Å²) in [6.07, 6.45) is 4.70. The summed E-state index contributed by atoms with van der Waals surface area (Å²) in [6.45, 7) is 6.32. The SMILES string of the molecule is CCc1nc(N2CCCCC2)c2c(n1)c(C)nn2C. The summed E-state index contributed by atoms with van der Waals surface area (Å²) in [5.74, 6) is 1.99. The minimum absolute atomic E-state index is 0.866. The first kappa shape index (κ1) is 12.4. The summed E-state index contributed by atoms with van der Waals surface area (Å²) >= 11 is 0. The van der Waals surface area contributed by atoms with Crippen molar-refractivity contribution in [3.63, 3.8) is 0 Å². The molecule has 5 nitrogen and oxygen atoms in total. The first-order valence-electron chi connectivity index (χ1n) is 7.16. The van der Waals surface area contributed by atoms with E-state index in [0.717, 1.165) is 47.9 Å². The van der Waals surface area contributed by atoms with Crippen LogP contribution in [0.4, 0.5) is 5.82 Å². The number of rotatable bonds is 2. The molecule has 1 aliphatic rings. The summed E-state index contributed by atoms with van der Waals surface area (Å²) in [5.41, 5.74) is 3.08. The third kappa shape index (κ3) is 2.07. The van der Waals surface area contributed by atoms with E-state index in [-0.39, 0.29) is 0 Å². The van der Waals surface area contributed by atoms with Crippen LogP contribution >= 0.6 is 0 Å². The van der Waals surface area contributed by atoms with Gasteiger partial charge in [0.25, 0.3) is 0 Å². The molecule has 0 amide bonds. The quantitative estimate of drug-likeness (QED) is 0.829. The van der Waals surface area contributed by atoms with E-state index < -0.39 is 0 Å². The summed E-state index contributed by atoms with van der Waals surface area (Å²) in [4.78, 5) is 11.8. The fraction of sp³-hybridized carbons (Fsp3) is 0.643. The molecule has 1 saturated heterocycles. The Labute approximate surface area is 113 Å². The van der Waals surface area contributed by atoms with Crippen molar-refractivity contribution in [2.24, 2.45) is 7.05 Å². The number of piperidine rings is 1. The molecular formula is C14H21N5. The molecule has 0 aromatic carbocycles. The molecule has 0 N–H and O–H groups in total. The van der Waals surface area contributed by atoms with Gasteiger partial charge in [0, 0.05) is 26.6 Å². The van der Waals surface area contributed by atoms with E-state index in [0.29, 0.717) is 0 Å². The lowest BCUT2D eigenvalue weighted by Gasteiger charge is -2.28. The van der Waals surface area contributed by atoms with Gasteiger partial charge in [0.1, 0.15) is 16.9 Å². The van der Waals surface area contributed by atoms with Crippen molar-refractivity contribution in [3.8, 4) is 0 Å². The minimum atomic E-state index is 0.866. The lowest BCUT2D eigenvalue weighted by Crippen LogP contribution is -2.31. The predicted molar refractivity (Wildman–Crippen MR) is 76.5 cm³/mol. The molecule has 1 aliphatic heterocycles. The van der Waals surface area contributed by atoms with Gasteiger partial charge in [-0.3, -0.25) is 4.68 Å². The van der Waals surface area contributed by atoms with E-state index >= 15 is 0 Å². The molecule has 0 spiro atoms. The highest BCUT2D eigenvalue weighted by Crippen LogP contribution is 2.27. The Hall–Kier alpha value is -1.65. The maximum absolute atomic E-state index is 4.77. The van der Waals surface area contributed by atoms with Gasteiger partial charge in [-0.05, 0) is 26.2 Å². The Balaban J connectivity index is 2.19. The molecule has 1 fully saturated rings. The van der Waals surface area contributed by atoms with Crippen molar-refractivity contribution in [1.29, 1.82) is 0 Å². The van der Waals surface area contributed by atoms with Crippen LogP contribution in [0.3, 0.4) is 0 Å². The fourth-order valence-corrected chi connectivity index (χ4v) is 2.85. The Morgan fingerprint density at radius 3 is 2.53 bits per heavy atom. The van der Waals surface area contributed by atoms with Crippen LogP contribution in [0, 0.1) is 6.92 Å². The lowest BCUT2D eigenvalue weighted by molar-refractivity contribution is 0.572. The lowest BCUT2D eigenvalue weighted by atomic mass is 10.1. The standard InChI is InChI=1S/C14H21N5/c1-4-11-15-12-10(2)17-18(3)13(12)14(16-11)19-8-6-5-7-9-19/h4-9H2,1-3H3. The van der Waals surface area contributed by atoms with Crippen molar-refractivity contribution in [3.05, 3.63) is 11.5 Å². The zero-order valence-electron chi connectivity index (χ0n) is 12.0. The molecule has 0 aliphatic carbocycles. The highest BCUT2D eigenvalue weighted by atomic mass is 15.3. The number of hydrogen-bond donors (Lipinski definition) is 0. The summed E-state index contributed by atoms with van der Waals surface area (Å²) in [5, 5.41) is 4.51. The zero-order chi connectivity index (χ0) is 13.4. The van der Waals surface area contributed by atoms with Gasteiger partial charge in [0.2, 0.25) is 0 Å². The van der Waals surface area contributed by atoms with Gasteiger partial charge in [-0.1, -0.05) is 6.92 Å². The average molecular weight is 259 g/mol. The van der Waals surface area contributed by atoms with Crippen LogP contribution in [0.25, 0.3) is 11.0 Å². The highest BCUT2D eigenvalue weighted by molar-refractivity contribution is 5.88. The molecule has 102 valence electrons. The molecule has 2 aromatic rings. The molecule has 0 bridgehead atoms. The normalized spacial score (nSPS) is 16.3. The monoisotopic (exact) mass is 259 g/mol. The van der Waals surface area contributed by atoms with Crippen molar-refractivity contribution in [2.75, 3.05) is 18.0 Å². The van der Waals surface area contributed by atoms with E-state index in [2.05, 4.69) is 21.9 Å². The first-order chi connectivity index (χ1) is 9.20. The van der Waals surface area contributed by atoms with Crippen LogP contribution < -0.4 is 4.90 Å². The molecule has 0 atom stereocenters. The zero-order valence-corrected chi connectivity index (χ0v) is 12.0. The molecule has 0 saturated carbocycles. The summed E-state index contributed by atoms with van der Waals surface area (Å²) in [7, 11) is 1.98. The van der Waals surface area contributed by atoms with E-state index in [1.165, 1.54) is 19.3 Å². The van der Waals surface area contributed by atoms with Crippen LogP contribution in [-0.4, -0.2) is 32.8 Å². The van der Waals surface area contributed by atoms with Crippen LogP contribution in [0.5, 0.6) is 0 Å². The second-order valence-corrected chi connectivity index (χ2v) is 5.27. The Bertz CT molecular complexity index is 595. The number of aromatic nitrogens is 4. The van der Waals surface area contributed by atoms with Gasteiger partial charge < -0.3 is 4.90 Å². The topological polar surface area (TPSA) is 46.8 Å². The van der Waals surface area contributed by atoms with Gasteiger partial charge in [-0.2, -0.15) is 5.10 Å². The Kier molecular flexibility index (Phi) is 3.12. The van der Waals surface area contributed by atoms with Gasteiger partial charge in [-0.15, -0.1) is 0 Å². The predicted octanol–water partition coefficient (Wildman–Crippen LogP) is 2.22. The van der Waals surface area contributed by atoms with E-state index in [9.17, 15) is 0 Å². The van der Waals surface area contributed by atoms with Gasteiger partial charge in [-0.25, -0.2) is 9.97 Å². The molecule has 3 heterocycles. The molecular weight excluding hydrogens is 238 g/mol. The maximum Gasteiger partial charge on any atom is 0.158 e. The summed E-state index contributed by atoms with van der Waals surface area (Å²) in [6, 6.07) is 0. The highest BCUT2D eigenvalue weighted by Gasteiger charge is 2.20. The molecule has 0 radical (unpaired) electrons. The molecule has 5 heteroatoms. The van der Waals surface area contributed by atoms with Crippen molar-refractivity contribution in [2.45, 2.75) is 39.5 Å². The molecule has 2 aromatic heterocycles. The van der Waals surface area contributed by atoms with Crippen molar-refractivity contribution in [1.82, 2.24) is 19.7 Å². The van der Waals surface area contributed by atoms with Crippen molar-refractivity contribution < 1.29 is 0 Å².